The van der Waals surface area contributed by atoms with E-state index >= 15 is 0 Å². The molecule has 1 aliphatic heterocycles. The molecule has 1 fully saturated rings. The Hall–Kier alpha value is -1.75. The van der Waals surface area contributed by atoms with Crippen LogP contribution in [0.5, 0.6) is 0 Å². The first kappa shape index (κ1) is 23.5. The maximum atomic E-state index is 12.3. The molecule has 2 atom stereocenters. The summed E-state index contributed by atoms with van der Waals surface area (Å²) in [5.74, 6) is 0. The van der Waals surface area contributed by atoms with Crippen molar-refractivity contribution in [2.75, 3.05) is 25.0 Å². The van der Waals surface area contributed by atoms with Gasteiger partial charge in [0.15, 0.2) is 0 Å². The summed E-state index contributed by atoms with van der Waals surface area (Å²) in [7, 11) is -3.81. The molecule has 9 nitrogen and oxygen atoms in total. The molecule has 10 heteroatoms. The minimum Gasteiger partial charge on any atom is -0.378 e. The van der Waals surface area contributed by atoms with E-state index in [2.05, 4.69) is 28.8 Å². The quantitative estimate of drug-likeness (QED) is 0.483. The fourth-order valence-corrected chi connectivity index (χ4v) is 4.72. The third-order valence-electron chi connectivity index (χ3n) is 4.85. The fraction of sp³-hybridized carbons (Fsp3) is 0.684. The van der Waals surface area contributed by atoms with Crippen LogP contribution in [0, 0.1) is 10.1 Å². The Morgan fingerprint density at radius 3 is 2.38 bits per heavy atom. The number of nitrogens with zero attached hydrogens (tertiary/aromatic N) is 2. The minimum atomic E-state index is -3.81. The van der Waals surface area contributed by atoms with Crippen molar-refractivity contribution in [3.63, 3.8) is 0 Å². The summed E-state index contributed by atoms with van der Waals surface area (Å²) in [6.45, 7) is 13.6. The Kier molecular flexibility index (Phi) is 7.26. The van der Waals surface area contributed by atoms with E-state index in [0.717, 1.165) is 19.2 Å². The molecule has 2 N–H and O–H groups in total. The number of hydrogen-bond acceptors (Lipinski definition) is 7. The van der Waals surface area contributed by atoms with Gasteiger partial charge in [-0.2, -0.15) is 0 Å². The number of sulfonamides is 1. The first-order valence-corrected chi connectivity index (χ1v) is 11.3. The average Bonchev–Trinajstić information content (AvgIpc) is 2.57. The molecule has 1 heterocycles. The third-order valence-corrected chi connectivity index (χ3v) is 6.51. The molecule has 29 heavy (non-hydrogen) atoms. The van der Waals surface area contributed by atoms with Crippen LogP contribution in [0.25, 0.3) is 0 Å². The molecule has 0 radical (unpaired) electrons. The Morgan fingerprint density at radius 2 is 1.86 bits per heavy atom. The van der Waals surface area contributed by atoms with Crippen LogP contribution in [0.3, 0.4) is 0 Å². The number of ether oxygens (including phenoxy) is 1. The van der Waals surface area contributed by atoms with Gasteiger partial charge in [0.1, 0.15) is 5.69 Å². The molecule has 0 spiro atoms. The van der Waals surface area contributed by atoms with Crippen LogP contribution in [0.4, 0.5) is 11.4 Å². The van der Waals surface area contributed by atoms with Crippen LogP contribution in [0.2, 0.25) is 0 Å². The van der Waals surface area contributed by atoms with Gasteiger partial charge in [0.25, 0.3) is 5.69 Å². The van der Waals surface area contributed by atoms with E-state index in [9.17, 15) is 18.5 Å². The molecule has 1 aromatic carbocycles. The van der Waals surface area contributed by atoms with Crippen molar-refractivity contribution in [1.29, 1.82) is 0 Å². The lowest BCUT2D eigenvalue weighted by Crippen LogP contribution is -2.57. The second-order valence-electron chi connectivity index (χ2n) is 8.54. The summed E-state index contributed by atoms with van der Waals surface area (Å²) in [4.78, 5) is 13.2. The standard InChI is InChI=1S/C19H32N4O5S/c1-13(2)21-29(26,27)16-7-8-17(18(9-16)23(24)25)20-12-19(5,6)22-10-14(3)28-15(4)11-22/h7-9,13-15,20-21H,10-12H2,1-6H3. The molecule has 0 aliphatic carbocycles. The largest absolute Gasteiger partial charge is 0.378 e. The predicted molar refractivity (Wildman–Crippen MR) is 113 cm³/mol. The zero-order valence-electron chi connectivity index (χ0n) is 17.9. The predicted octanol–water partition coefficient (Wildman–Crippen LogP) is 2.58. The second kappa shape index (κ2) is 8.95. The molecule has 0 aromatic heterocycles. The van der Waals surface area contributed by atoms with E-state index in [0.29, 0.717) is 12.2 Å². The maximum Gasteiger partial charge on any atom is 0.293 e. The molecular weight excluding hydrogens is 396 g/mol. The highest BCUT2D eigenvalue weighted by Crippen LogP contribution is 2.29. The van der Waals surface area contributed by atoms with Gasteiger partial charge in [0, 0.05) is 37.3 Å². The molecule has 0 bridgehead atoms. The number of morpholine rings is 1. The molecule has 2 rings (SSSR count). The molecule has 0 amide bonds. The molecule has 164 valence electrons. The summed E-state index contributed by atoms with van der Waals surface area (Å²) in [6.07, 6.45) is 0.232. The first-order chi connectivity index (χ1) is 13.3. The monoisotopic (exact) mass is 428 g/mol. The summed E-state index contributed by atoms with van der Waals surface area (Å²) in [5.41, 5.74) is -0.249. The molecule has 1 saturated heterocycles. The molecule has 0 saturated carbocycles. The van der Waals surface area contributed by atoms with Crippen LogP contribution in [0.15, 0.2) is 23.1 Å². The van der Waals surface area contributed by atoms with Crippen molar-refractivity contribution >= 4 is 21.4 Å². The SMILES string of the molecule is CC(C)NS(=O)(=O)c1ccc(NCC(C)(C)N2CC(C)OC(C)C2)c([N+](=O)[O-])c1. The Morgan fingerprint density at radius 1 is 1.28 bits per heavy atom. The number of rotatable bonds is 8. The smallest absolute Gasteiger partial charge is 0.293 e. The zero-order valence-corrected chi connectivity index (χ0v) is 18.7. The number of benzene rings is 1. The fourth-order valence-electron chi connectivity index (χ4n) is 3.45. The number of nitrogens with one attached hydrogen (secondary N) is 2. The summed E-state index contributed by atoms with van der Waals surface area (Å²) < 4.78 is 32.9. The van der Waals surface area contributed by atoms with Gasteiger partial charge in [0.2, 0.25) is 10.0 Å². The van der Waals surface area contributed by atoms with E-state index in [1.807, 2.05) is 13.8 Å². The van der Waals surface area contributed by atoms with Crippen LogP contribution < -0.4 is 10.0 Å². The first-order valence-electron chi connectivity index (χ1n) is 9.77. The van der Waals surface area contributed by atoms with Crippen LogP contribution >= 0.6 is 0 Å². The lowest BCUT2D eigenvalue weighted by Gasteiger charge is -2.45. The highest BCUT2D eigenvalue weighted by atomic mass is 32.2. The highest BCUT2D eigenvalue weighted by molar-refractivity contribution is 7.89. The number of anilines is 1. The van der Waals surface area contributed by atoms with Gasteiger partial charge in [-0.05, 0) is 53.7 Å². The van der Waals surface area contributed by atoms with Crippen LogP contribution in [-0.4, -0.2) is 61.7 Å². The van der Waals surface area contributed by atoms with Gasteiger partial charge in [0.05, 0.1) is 22.0 Å². The summed E-state index contributed by atoms with van der Waals surface area (Å²) in [6, 6.07) is 3.62. The van der Waals surface area contributed by atoms with Crippen molar-refractivity contribution in [2.45, 2.75) is 70.2 Å². The van der Waals surface area contributed by atoms with E-state index in [1.54, 1.807) is 13.8 Å². The highest BCUT2D eigenvalue weighted by Gasteiger charge is 2.33. The van der Waals surface area contributed by atoms with Crippen molar-refractivity contribution < 1.29 is 18.1 Å². The number of hydrogen-bond donors (Lipinski definition) is 2. The Bertz CT molecular complexity index is 831. The van der Waals surface area contributed by atoms with E-state index in [-0.39, 0.29) is 34.4 Å². The van der Waals surface area contributed by atoms with E-state index in [4.69, 9.17) is 4.74 Å². The van der Waals surface area contributed by atoms with Crippen molar-refractivity contribution in [1.82, 2.24) is 9.62 Å². The van der Waals surface area contributed by atoms with Gasteiger partial charge in [-0.15, -0.1) is 0 Å². The molecule has 1 aromatic rings. The third kappa shape index (κ3) is 6.11. The molecule has 1 aliphatic rings. The van der Waals surface area contributed by atoms with Crippen molar-refractivity contribution in [3.05, 3.63) is 28.3 Å². The van der Waals surface area contributed by atoms with Gasteiger partial charge in [-0.1, -0.05) is 0 Å². The van der Waals surface area contributed by atoms with Crippen molar-refractivity contribution in [2.24, 2.45) is 0 Å². The van der Waals surface area contributed by atoms with Crippen molar-refractivity contribution in [3.8, 4) is 0 Å². The topological polar surface area (TPSA) is 114 Å². The van der Waals surface area contributed by atoms with Gasteiger partial charge >= 0.3 is 0 Å². The summed E-state index contributed by atoms with van der Waals surface area (Å²) >= 11 is 0. The Labute approximate surface area is 173 Å². The maximum absolute atomic E-state index is 12.3. The minimum absolute atomic E-state index is 0.116. The molecular formula is C19H32N4O5S. The lowest BCUT2D eigenvalue weighted by atomic mass is 10.00. The molecule has 2 unspecified atom stereocenters. The zero-order chi connectivity index (χ0) is 22.0. The second-order valence-corrected chi connectivity index (χ2v) is 10.3. The van der Waals surface area contributed by atoms with Gasteiger partial charge in [-0.3, -0.25) is 15.0 Å². The van der Waals surface area contributed by atoms with Gasteiger partial charge < -0.3 is 10.1 Å². The van der Waals surface area contributed by atoms with Crippen LogP contribution in [-0.2, 0) is 14.8 Å². The van der Waals surface area contributed by atoms with E-state index < -0.39 is 14.9 Å². The summed E-state index contributed by atoms with van der Waals surface area (Å²) in [5, 5.41) is 14.7. The number of nitro benzene ring substituents is 1. The lowest BCUT2D eigenvalue weighted by molar-refractivity contribution is -0.384. The average molecular weight is 429 g/mol. The van der Waals surface area contributed by atoms with E-state index in [1.165, 1.54) is 12.1 Å². The normalized spacial score (nSPS) is 21.3. The van der Waals surface area contributed by atoms with Crippen LogP contribution in [0.1, 0.15) is 41.5 Å². The Balaban J connectivity index is 2.21. The number of nitro groups is 1. The van der Waals surface area contributed by atoms with Gasteiger partial charge in [-0.25, -0.2) is 13.1 Å².